The van der Waals surface area contributed by atoms with Gasteiger partial charge in [-0.05, 0) is 37.0 Å². The molecule has 0 amide bonds. The number of nitrogens with one attached hydrogen (secondary N) is 1. The van der Waals surface area contributed by atoms with Crippen LogP contribution >= 0.6 is 0 Å². The summed E-state index contributed by atoms with van der Waals surface area (Å²) in [5, 5.41) is 0. The molecule has 0 saturated heterocycles. The van der Waals surface area contributed by atoms with Crippen LogP contribution in [0.1, 0.15) is 52.9 Å². The topological polar surface area (TPSA) is 72.2 Å². The van der Waals surface area contributed by atoms with Crippen molar-refractivity contribution in [2.75, 3.05) is 12.3 Å². The molecule has 4 nitrogen and oxygen atoms in total. The maximum absolute atomic E-state index is 11.9. The van der Waals surface area contributed by atoms with Gasteiger partial charge in [0.05, 0.1) is 5.75 Å². The van der Waals surface area contributed by atoms with Gasteiger partial charge in [0.15, 0.2) is 0 Å². The highest BCUT2D eigenvalue weighted by Crippen LogP contribution is 2.23. The third kappa shape index (κ3) is 6.71. The molecule has 1 saturated carbocycles. The second kappa shape index (κ2) is 6.35. The average molecular weight is 276 g/mol. The van der Waals surface area contributed by atoms with Crippen molar-refractivity contribution >= 4 is 10.0 Å². The van der Waals surface area contributed by atoms with Crippen LogP contribution in [0.2, 0.25) is 0 Å². The molecule has 1 fully saturated rings. The quantitative estimate of drug-likeness (QED) is 0.805. The van der Waals surface area contributed by atoms with Crippen LogP contribution in [0.25, 0.3) is 0 Å². The molecule has 0 aliphatic heterocycles. The predicted octanol–water partition coefficient (Wildman–Crippen LogP) is 1.86. The van der Waals surface area contributed by atoms with E-state index in [1.165, 1.54) is 0 Å². The van der Waals surface area contributed by atoms with Crippen LogP contribution in [0, 0.1) is 11.3 Å². The van der Waals surface area contributed by atoms with Gasteiger partial charge in [-0.3, -0.25) is 0 Å². The van der Waals surface area contributed by atoms with Gasteiger partial charge in [0.25, 0.3) is 0 Å². The van der Waals surface area contributed by atoms with E-state index in [2.05, 4.69) is 25.5 Å². The zero-order valence-electron chi connectivity index (χ0n) is 11.9. The third-order valence-corrected chi connectivity index (χ3v) is 4.88. The Bertz CT molecular complexity index is 346. The van der Waals surface area contributed by atoms with E-state index in [1.54, 1.807) is 0 Å². The minimum Gasteiger partial charge on any atom is -0.328 e. The number of hydrogen-bond donors (Lipinski definition) is 2. The van der Waals surface area contributed by atoms with Crippen molar-refractivity contribution in [1.82, 2.24) is 4.72 Å². The molecule has 2 atom stereocenters. The average Bonchev–Trinajstić information content (AvgIpc) is 2.24. The van der Waals surface area contributed by atoms with Crippen molar-refractivity contribution in [3.05, 3.63) is 0 Å². The van der Waals surface area contributed by atoms with E-state index in [9.17, 15) is 8.42 Å². The Kier molecular flexibility index (Phi) is 5.62. The van der Waals surface area contributed by atoms with Crippen molar-refractivity contribution < 1.29 is 8.42 Å². The van der Waals surface area contributed by atoms with Crippen LogP contribution in [-0.4, -0.2) is 26.8 Å². The second-order valence-electron chi connectivity index (χ2n) is 6.77. The van der Waals surface area contributed by atoms with Gasteiger partial charge < -0.3 is 5.73 Å². The Hall–Kier alpha value is -0.130. The SMILES string of the molecule is CC(C)(C)CCS(=O)(=O)NCC1CCCC(N)C1. The van der Waals surface area contributed by atoms with Gasteiger partial charge in [-0.15, -0.1) is 0 Å². The maximum Gasteiger partial charge on any atom is 0.211 e. The van der Waals surface area contributed by atoms with Crippen LogP contribution in [0.5, 0.6) is 0 Å². The molecule has 0 aromatic heterocycles. The summed E-state index contributed by atoms with van der Waals surface area (Å²) >= 11 is 0. The van der Waals surface area contributed by atoms with Gasteiger partial charge in [-0.25, -0.2) is 13.1 Å². The number of hydrogen-bond acceptors (Lipinski definition) is 3. The highest BCUT2D eigenvalue weighted by Gasteiger charge is 2.22. The Labute approximate surface area is 112 Å². The van der Waals surface area contributed by atoms with Crippen molar-refractivity contribution in [3.8, 4) is 0 Å². The van der Waals surface area contributed by atoms with Crippen LogP contribution in [0.4, 0.5) is 0 Å². The van der Waals surface area contributed by atoms with Gasteiger partial charge in [-0.2, -0.15) is 0 Å². The summed E-state index contributed by atoms with van der Waals surface area (Å²) in [7, 11) is -3.12. The highest BCUT2D eigenvalue weighted by atomic mass is 32.2. The first-order valence-corrected chi connectivity index (χ1v) is 8.56. The van der Waals surface area contributed by atoms with Gasteiger partial charge in [0.2, 0.25) is 10.0 Å². The lowest BCUT2D eigenvalue weighted by Gasteiger charge is -2.26. The normalized spacial score (nSPS) is 26.2. The molecule has 3 N–H and O–H groups in total. The van der Waals surface area contributed by atoms with E-state index < -0.39 is 10.0 Å². The van der Waals surface area contributed by atoms with Gasteiger partial charge in [0.1, 0.15) is 0 Å². The van der Waals surface area contributed by atoms with E-state index in [0.717, 1.165) is 25.7 Å². The third-order valence-electron chi connectivity index (χ3n) is 3.54. The molecule has 0 spiro atoms. The molecule has 0 radical (unpaired) electrons. The molecule has 1 aliphatic rings. The summed E-state index contributed by atoms with van der Waals surface area (Å²) in [6, 6.07) is 0.253. The monoisotopic (exact) mass is 276 g/mol. The lowest BCUT2D eigenvalue weighted by molar-refractivity contribution is 0.321. The lowest BCUT2D eigenvalue weighted by Crippen LogP contribution is -2.37. The molecule has 0 bridgehead atoms. The first kappa shape index (κ1) is 15.9. The van der Waals surface area contributed by atoms with E-state index in [4.69, 9.17) is 5.73 Å². The number of sulfonamides is 1. The molecule has 0 aromatic carbocycles. The van der Waals surface area contributed by atoms with Crippen LogP contribution < -0.4 is 10.5 Å². The summed E-state index contributed by atoms with van der Waals surface area (Å²) in [6.07, 6.45) is 4.92. The summed E-state index contributed by atoms with van der Waals surface area (Å²) in [5.74, 6) is 0.632. The Morgan fingerprint density at radius 3 is 2.50 bits per heavy atom. The highest BCUT2D eigenvalue weighted by molar-refractivity contribution is 7.89. The number of nitrogens with two attached hydrogens (primary N) is 1. The Morgan fingerprint density at radius 1 is 1.28 bits per heavy atom. The first-order chi connectivity index (χ1) is 8.18. The molecule has 1 rings (SSSR count). The molecule has 5 heteroatoms. The van der Waals surface area contributed by atoms with Crippen molar-refractivity contribution in [2.45, 2.75) is 58.9 Å². The summed E-state index contributed by atoms with van der Waals surface area (Å²) < 4.78 is 26.5. The molecular formula is C13H28N2O2S. The largest absolute Gasteiger partial charge is 0.328 e. The molecule has 1 aliphatic carbocycles. The smallest absolute Gasteiger partial charge is 0.211 e. The fourth-order valence-electron chi connectivity index (χ4n) is 2.28. The summed E-state index contributed by atoms with van der Waals surface area (Å²) in [4.78, 5) is 0. The maximum atomic E-state index is 11.9. The molecule has 108 valence electrons. The first-order valence-electron chi connectivity index (χ1n) is 6.91. The summed E-state index contributed by atoms with van der Waals surface area (Å²) in [5.41, 5.74) is 5.96. The van der Waals surface area contributed by atoms with E-state index in [0.29, 0.717) is 18.9 Å². The fourth-order valence-corrected chi connectivity index (χ4v) is 3.79. The van der Waals surface area contributed by atoms with Gasteiger partial charge in [0, 0.05) is 12.6 Å². The zero-order valence-corrected chi connectivity index (χ0v) is 12.7. The molecule has 2 unspecified atom stereocenters. The summed E-state index contributed by atoms with van der Waals surface area (Å²) in [6.45, 7) is 6.73. The van der Waals surface area contributed by atoms with Gasteiger partial charge in [-0.1, -0.05) is 27.2 Å². The minimum absolute atomic E-state index is 0.0575. The molecule has 0 aromatic rings. The molecule has 18 heavy (non-hydrogen) atoms. The molecule has 0 heterocycles. The standard InChI is InChI=1S/C13H28N2O2S/c1-13(2,3)7-8-18(16,17)15-10-11-5-4-6-12(14)9-11/h11-12,15H,4-10,14H2,1-3H3. The minimum atomic E-state index is -3.12. The van der Waals surface area contributed by atoms with E-state index in [1.807, 2.05) is 0 Å². The van der Waals surface area contributed by atoms with E-state index in [-0.39, 0.29) is 17.2 Å². The Balaban J connectivity index is 2.32. The zero-order chi connectivity index (χ0) is 13.8. The predicted molar refractivity (Wildman–Crippen MR) is 75.8 cm³/mol. The second-order valence-corrected chi connectivity index (χ2v) is 8.70. The fraction of sp³-hybridized carbons (Fsp3) is 1.00. The Morgan fingerprint density at radius 2 is 1.94 bits per heavy atom. The lowest BCUT2D eigenvalue weighted by atomic mass is 9.86. The van der Waals surface area contributed by atoms with Crippen LogP contribution in [0.15, 0.2) is 0 Å². The van der Waals surface area contributed by atoms with Crippen molar-refractivity contribution in [2.24, 2.45) is 17.1 Å². The van der Waals surface area contributed by atoms with Gasteiger partial charge >= 0.3 is 0 Å². The number of rotatable bonds is 5. The van der Waals surface area contributed by atoms with Crippen molar-refractivity contribution in [3.63, 3.8) is 0 Å². The van der Waals surface area contributed by atoms with E-state index >= 15 is 0 Å². The van der Waals surface area contributed by atoms with Crippen LogP contribution in [0.3, 0.4) is 0 Å². The van der Waals surface area contributed by atoms with Crippen molar-refractivity contribution in [1.29, 1.82) is 0 Å². The molecular weight excluding hydrogens is 248 g/mol. The van der Waals surface area contributed by atoms with Crippen LogP contribution in [-0.2, 0) is 10.0 Å².